The summed E-state index contributed by atoms with van der Waals surface area (Å²) >= 11 is 0. The molecule has 0 saturated heterocycles. The van der Waals surface area contributed by atoms with Crippen molar-refractivity contribution in [3.05, 3.63) is 24.0 Å². The first-order chi connectivity index (χ1) is 7.25. The van der Waals surface area contributed by atoms with E-state index in [2.05, 4.69) is 16.4 Å². The summed E-state index contributed by atoms with van der Waals surface area (Å²) in [5.74, 6) is 0. The molecule has 3 nitrogen and oxygen atoms in total. The Kier molecular flexibility index (Phi) is 3.21. The maximum absolute atomic E-state index is 6.09. The summed E-state index contributed by atoms with van der Waals surface area (Å²) in [4.78, 5) is 4.18. The molecule has 0 bridgehead atoms. The van der Waals surface area contributed by atoms with E-state index in [9.17, 15) is 0 Å². The minimum absolute atomic E-state index is 0.298. The highest BCUT2D eigenvalue weighted by Gasteiger charge is 2.21. The van der Waals surface area contributed by atoms with Crippen LogP contribution >= 0.6 is 0 Å². The number of nitrogens with two attached hydrogens (primary N) is 1. The van der Waals surface area contributed by atoms with Crippen molar-refractivity contribution in [2.75, 3.05) is 5.32 Å². The third-order valence-corrected chi connectivity index (χ3v) is 3.07. The Hall–Kier alpha value is -1.09. The molecule has 2 atom stereocenters. The Morgan fingerprint density at radius 2 is 2.20 bits per heavy atom. The minimum atomic E-state index is 0.298. The van der Waals surface area contributed by atoms with Crippen LogP contribution in [0, 0.1) is 6.92 Å². The predicted molar refractivity (Wildman–Crippen MR) is 62.8 cm³/mol. The standard InChI is InChI=1S/C12H19N3/c1-9-8-10(6-7-14-9)15-12-5-3-2-4-11(12)13/h6-8,11-12H,2-5,13H2,1H3,(H,14,15). The van der Waals surface area contributed by atoms with Crippen molar-refractivity contribution in [1.82, 2.24) is 4.98 Å². The molecule has 0 aromatic carbocycles. The first-order valence-corrected chi connectivity index (χ1v) is 5.70. The second-order valence-electron chi connectivity index (χ2n) is 4.39. The van der Waals surface area contributed by atoms with Crippen molar-refractivity contribution in [3.8, 4) is 0 Å². The SMILES string of the molecule is Cc1cc(NC2CCCCC2N)ccn1. The first-order valence-electron chi connectivity index (χ1n) is 5.70. The largest absolute Gasteiger partial charge is 0.381 e. The number of nitrogens with zero attached hydrogens (tertiary/aromatic N) is 1. The second-order valence-corrected chi connectivity index (χ2v) is 4.39. The molecular weight excluding hydrogens is 186 g/mol. The van der Waals surface area contributed by atoms with Crippen LogP contribution < -0.4 is 11.1 Å². The highest BCUT2D eigenvalue weighted by Crippen LogP contribution is 2.20. The van der Waals surface area contributed by atoms with Crippen molar-refractivity contribution in [3.63, 3.8) is 0 Å². The molecule has 1 fully saturated rings. The highest BCUT2D eigenvalue weighted by atomic mass is 15.0. The molecule has 15 heavy (non-hydrogen) atoms. The van der Waals surface area contributed by atoms with Gasteiger partial charge >= 0.3 is 0 Å². The van der Waals surface area contributed by atoms with Crippen molar-refractivity contribution < 1.29 is 0 Å². The van der Waals surface area contributed by atoms with E-state index in [1.165, 1.54) is 19.3 Å². The van der Waals surface area contributed by atoms with Crippen LogP contribution in [0.1, 0.15) is 31.4 Å². The lowest BCUT2D eigenvalue weighted by Crippen LogP contribution is -2.42. The minimum Gasteiger partial charge on any atom is -0.381 e. The third-order valence-electron chi connectivity index (χ3n) is 3.07. The van der Waals surface area contributed by atoms with E-state index in [0.717, 1.165) is 17.8 Å². The summed E-state index contributed by atoms with van der Waals surface area (Å²) in [6.07, 6.45) is 6.72. The van der Waals surface area contributed by atoms with Gasteiger partial charge in [0.25, 0.3) is 0 Å². The number of anilines is 1. The fraction of sp³-hybridized carbons (Fsp3) is 0.583. The van der Waals surface area contributed by atoms with E-state index >= 15 is 0 Å². The zero-order valence-corrected chi connectivity index (χ0v) is 9.24. The Morgan fingerprint density at radius 3 is 2.93 bits per heavy atom. The molecule has 1 aliphatic carbocycles. The van der Waals surface area contributed by atoms with Gasteiger partial charge in [0.15, 0.2) is 0 Å². The van der Waals surface area contributed by atoms with Gasteiger partial charge in [-0.25, -0.2) is 0 Å². The number of hydrogen-bond acceptors (Lipinski definition) is 3. The normalized spacial score (nSPS) is 26.3. The lowest BCUT2D eigenvalue weighted by Gasteiger charge is -2.30. The van der Waals surface area contributed by atoms with Crippen LogP contribution in [0.2, 0.25) is 0 Å². The van der Waals surface area contributed by atoms with Gasteiger partial charge in [-0.2, -0.15) is 0 Å². The average molecular weight is 205 g/mol. The van der Waals surface area contributed by atoms with Gasteiger partial charge in [-0.1, -0.05) is 12.8 Å². The Bertz CT molecular complexity index is 324. The van der Waals surface area contributed by atoms with Crippen molar-refractivity contribution >= 4 is 5.69 Å². The lowest BCUT2D eigenvalue weighted by atomic mass is 9.91. The number of rotatable bonds is 2. The van der Waals surface area contributed by atoms with Crippen molar-refractivity contribution in [2.24, 2.45) is 5.73 Å². The molecule has 82 valence electrons. The number of hydrogen-bond donors (Lipinski definition) is 2. The van der Waals surface area contributed by atoms with Gasteiger partial charge in [0.1, 0.15) is 0 Å². The maximum atomic E-state index is 6.09. The summed E-state index contributed by atoms with van der Waals surface area (Å²) in [5, 5.41) is 3.51. The smallest absolute Gasteiger partial charge is 0.0412 e. The van der Waals surface area contributed by atoms with Crippen LogP contribution in [0.3, 0.4) is 0 Å². The van der Waals surface area contributed by atoms with Crippen LogP contribution in [0.15, 0.2) is 18.3 Å². The van der Waals surface area contributed by atoms with Crippen molar-refractivity contribution in [2.45, 2.75) is 44.7 Å². The van der Waals surface area contributed by atoms with E-state index in [1.54, 1.807) is 0 Å². The molecule has 0 aliphatic heterocycles. The van der Waals surface area contributed by atoms with E-state index < -0.39 is 0 Å². The molecule has 0 radical (unpaired) electrons. The summed E-state index contributed by atoms with van der Waals surface area (Å²) < 4.78 is 0. The van der Waals surface area contributed by atoms with Gasteiger partial charge < -0.3 is 11.1 Å². The van der Waals surface area contributed by atoms with Gasteiger partial charge in [-0.05, 0) is 31.9 Å². The molecule has 1 aromatic heterocycles. The van der Waals surface area contributed by atoms with Crippen LogP contribution in [-0.2, 0) is 0 Å². The van der Waals surface area contributed by atoms with Gasteiger partial charge in [0, 0.05) is 29.7 Å². The molecular formula is C12H19N3. The fourth-order valence-electron chi connectivity index (χ4n) is 2.19. The van der Waals surface area contributed by atoms with E-state index in [0.29, 0.717) is 12.1 Å². The molecule has 1 aliphatic rings. The summed E-state index contributed by atoms with van der Waals surface area (Å²) in [5.41, 5.74) is 8.28. The molecule has 0 amide bonds. The van der Waals surface area contributed by atoms with Gasteiger partial charge in [0.05, 0.1) is 0 Å². The summed E-state index contributed by atoms with van der Waals surface area (Å²) in [7, 11) is 0. The molecule has 1 saturated carbocycles. The van der Waals surface area contributed by atoms with Crippen LogP contribution in [0.4, 0.5) is 5.69 Å². The Balaban J connectivity index is 2.01. The molecule has 1 aromatic rings. The fourth-order valence-corrected chi connectivity index (χ4v) is 2.19. The first kappa shape index (κ1) is 10.4. The molecule has 0 spiro atoms. The Morgan fingerprint density at radius 1 is 1.40 bits per heavy atom. The Labute approximate surface area is 91.1 Å². The van der Waals surface area contributed by atoms with Crippen LogP contribution in [0.25, 0.3) is 0 Å². The topological polar surface area (TPSA) is 50.9 Å². The van der Waals surface area contributed by atoms with Crippen molar-refractivity contribution in [1.29, 1.82) is 0 Å². The monoisotopic (exact) mass is 205 g/mol. The van der Waals surface area contributed by atoms with Gasteiger partial charge in [-0.3, -0.25) is 4.98 Å². The molecule has 1 heterocycles. The zero-order valence-electron chi connectivity index (χ0n) is 9.24. The molecule has 3 N–H and O–H groups in total. The molecule has 2 unspecified atom stereocenters. The third kappa shape index (κ3) is 2.69. The number of aryl methyl sites for hydroxylation is 1. The molecule has 3 heteroatoms. The van der Waals surface area contributed by atoms with Crippen LogP contribution in [-0.4, -0.2) is 17.1 Å². The maximum Gasteiger partial charge on any atom is 0.0412 e. The van der Waals surface area contributed by atoms with E-state index in [1.807, 2.05) is 19.2 Å². The van der Waals surface area contributed by atoms with E-state index in [4.69, 9.17) is 5.73 Å². The predicted octanol–water partition coefficient (Wildman–Crippen LogP) is 2.07. The van der Waals surface area contributed by atoms with Gasteiger partial charge in [-0.15, -0.1) is 0 Å². The van der Waals surface area contributed by atoms with Crippen LogP contribution in [0.5, 0.6) is 0 Å². The lowest BCUT2D eigenvalue weighted by molar-refractivity contribution is 0.404. The number of aromatic nitrogens is 1. The quantitative estimate of drug-likeness (QED) is 0.777. The van der Waals surface area contributed by atoms with E-state index in [-0.39, 0.29) is 0 Å². The van der Waals surface area contributed by atoms with Gasteiger partial charge in [0.2, 0.25) is 0 Å². The molecule has 2 rings (SSSR count). The second kappa shape index (κ2) is 4.62. The summed E-state index contributed by atoms with van der Waals surface area (Å²) in [6, 6.07) is 4.81. The highest BCUT2D eigenvalue weighted by molar-refractivity contribution is 5.44. The zero-order chi connectivity index (χ0) is 10.7. The summed E-state index contributed by atoms with van der Waals surface area (Å²) in [6.45, 7) is 2.01. The number of pyridine rings is 1. The average Bonchev–Trinajstić information content (AvgIpc) is 2.22. The number of nitrogens with one attached hydrogen (secondary N) is 1.